The van der Waals surface area contributed by atoms with E-state index in [0.717, 1.165) is 25.3 Å². The second-order valence-corrected chi connectivity index (χ2v) is 3.44. The highest BCUT2D eigenvalue weighted by Gasteiger charge is 1.97. The summed E-state index contributed by atoms with van der Waals surface area (Å²) in [5.74, 6) is 0.757. The van der Waals surface area contributed by atoms with Crippen molar-refractivity contribution in [1.82, 2.24) is 5.32 Å². The van der Waals surface area contributed by atoms with E-state index in [1.165, 1.54) is 0 Å². The molecule has 0 aliphatic carbocycles. The van der Waals surface area contributed by atoms with Gasteiger partial charge in [0.2, 0.25) is 0 Å². The SMILES string of the molecule is CCCNCCOc1ccccc1Cl. The summed E-state index contributed by atoms with van der Waals surface area (Å²) >= 11 is 5.92. The average Bonchev–Trinajstić information content (AvgIpc) is 2.20. The number of nitrogens with one attached hydrogen (secondary N) is 1. The van der Waals surface area contributed by atoms with Crippen molar-refractivity contribution in [2.45, 2.75) is 13.3 Å². The quantitative estimate of drug-likeness (QED) is 0.734. The third-order valence-electron chi connectivity index (χ3n) is 1.80. The molecule has 0 unspecified atom stereocenters. The molecule has 0 aliphatic rings. The van der Waals surface area contributed by atoms with Gasteiger partial charge in [-0.15, -0.1) is 0 Å². The van der Waals surface area contributed by atoms with Gasteiger partial charge in [0.25, 0.3) is 0 Å². The number of benzene rings is 1. The van der Waals surface area contributed by atoms with Crippen LogP contribution in [0.1, 0.15) is 13.3 Å². The van der Waals surface area contributed by atoms with Crippen LogP contribution in [0, 0.1) is 0 Å². The first-order chi connectivity index (χ1) is 6.84. The van der Waals surface area contributed by atoms with Crippen LogP contribution in [0.15, 0.2) is 24.3 Å². The van der Waals surface area contributed by atoms with Gasteiger partial charge in [0.15, 0.2) is 0 Å². The summed E-state index contributed by atoms with van der Waals surface area (Å²) in [5, 5.41) is 3.93. The monoisotopic (exact) mass is 213 g/mol. The molecule has 3 heteroatoms. The molecule has 0 aliphatic heterocycles. The van der Waals surface area contributed by atoms with Gasteiger partial charge in [-0.1, -0.05) is 30.7 Å². The third-order valence-corrected chi connectivity index (χ3v) is 2.11. The highest BCUT2D eigenvalue weighted by Crippen LogP contribution is 2.22. The Kier molecular flexibility index (Phi) is 5.42. The normalized spacial score (nSPS) is 10.1. The fourth-order valence-electron chi connectivity index (χ4n) is 1.10. The van der Waals surface area contributed by atoms with Gasteiger partial charge in [-0.25, -0.2) is 0 Å². The molecule has 0 aromatic heterocycles. The summed E-state index contributed by atoms with van der Waals surface area (Å²) in [4.78, 5) is 0. The first-order valence-electron chi connectivity index (χ1n) is 4.92. The minimum atomic E-state index is 0.656. The van der Waals surface area contributed by atoms with Crippen LogP contribution < -0.4 is 10.1 Å². The Morgan fingerprint density at radius 1 is 1.29 bits per heavy atom. The second-order valence-electron chi connectivity index (χ2n) is 3.03. The van der Waals surface area contributed by atoms with E-state index < -0.39 is 0 Å². The Morgan fingerprint density at radius 2 is 2.07 bits per heavy atom. The maximum Gasteiger partial charge on any atom is 0.137 e. The van der Waals surface area contributed by atoms with E-state index in [0.29, 0.717) is 11.6 Å². The highest BCUT2D eigenvalue weighted by molar-refractivity contribution is 6.32. The van der Waals surface area contributed by atoms with Gasteiger partial charge in [0.05, 0.1) is 5.02 Å². The lowest BCUT2D eigenvalue weighted by Gasteiger charge is -2.07. The van der Waals surface area contributed by atoms with Crippen LogP contribution in [0.3, 0.4) is 0 Å². The van der Waals surface area contributed by atoms with E-state index in [2.05, 4.69) is 12.2 Å². The van der Waals surface area contributed by atoms with E-state index in [-0.39, 0.29) is 0 Å². The molecule has 0 bridgehead atoms. The summed E-state index contributed by atoms with van der Waals surface area (Å²) in [6, 6.07) is 7.52. The van der Waals surface area contributed by atoms with Crippen LogP contribution in [-0.4, -0.2) is 19.7 Å². The molecule has 1 rings (SSSR count). The third kappa shape index (κ3) is 3.99. The van der Waals surface area contributed by atoms with Crippen molar-refractivity contribution in [3.05, 3.63) is 29.3 Å². The van der Waals surface area contributed by atoms with Gasteiger partial charge in [0, 0.05) is 6.54 Å². The van der Waals surface area contributed by atoms with Crippen LogP contribution in [0.25, 0.3) is 0 Å². The van der Waals surface area contributed by atoms with E-state index in [4.69, 9.17) is 16.3 Å². The molecule has 0 atom stereocenters. The van der Waals surface area contributed by atoms with Crippen molar-refractivity contribution in [2.75, 3.05) is 19.7 Å². The molecule has 0 spiro atoms. The Bertz CT molecular complexity index is 265. The van der Waals surface area contributed by atoms with Gasteiger partial charge < -0.3 is 10.1 Å². The number of hydrogen-bond donors (Lipinski definition) is 1. The Labute approximate surface area is 90.2 Å². The number of halogens is 1. The molecule has 2 nitrogen and oxygen atoms in total. The molecule has 0 amide bonds. The van der Waals surface area contributed by atoms with E-state index >= 15 is 0 Å². The standard InChI is InChI=1S/C11H16ClNO/c1-2-7-13-8-9-14-11-6-4-3-5-10(11)12/h3-6,13H,2,7-9H2,1H3. The lowest BCUT2D eigenvalue weighted by atomic mass is 10.3. The van der Waals surface area contributed by atoms with Gasteiger partial charge in [-0.2, -0.15) is 0 Å². The van der Waals surface area contributed by atoms with E-state index in [1.54, 1.807) is 0 Å². The molecular formula is C11H16ClNO. The minimum Gasteiger partial charge on any atom is -0.491 e. The second kappa shape index (κ2) is 6.68. The molecule has 78 valence electrons. The zero-order chi connectivity index (χ0) is 10.2. The van der Waals surface area contributed by atoms with Gasteiger partial charge >= 0.3 is 0 Å². The van der Waals surface area contributed by atoms with Crippen molar-refractivity contribution in [3.8, 4) is 5.75 Å². The molecular weight excluding hydrogens is 198 g/mol. The Morgan fingerprint density at radius 3 is 2.79 bits per heavy atom. The summed E-state index contributed by atoms with van der Waals surface area (Å²) < 4.78 is 5.49. The van der Waals surface area contributed by atoms with Crippen molar-refractivity contribution < 1.29 is 4.74 Å². The molecule has 0 fully saturated rings. The predicted octanol–water partition coefficient (Wildman–Crippen LogP) is 2.72. The number of ether oxygens (including phenoxy) is 1. The Hall–Kier alpha value is -0.730. The molecule has 0 saturated carbocycles. The van der Waals surface area contributed by atoms with Crippen LogP contribution in [0.5, 0.6) is 5.75 Å². The zero-order valence-electron chi connectivity index (χ0n) is 8.42. The maximum atomic E-state index is 5.92. The largest absolute Gasteiger partial charge is 0.491 e. The summed E-state index contributed by atoms with van der Waals surface area (Å²) in [5.41, 5.74) is 0. The van der Waals surface area contributed by atoms with Crippen molar-refractivity contribution in [1.29, 1.82) is 0 Å². The van der Waals surface area contributed by atoms with E-state index in [1.807, 2.05) is 24.3 Å². The Balaban J connectivity index is 2.21. The molecule has 0 saturated heterocycles. The predicted molar refractivity (Wildman–Crippen MR) is 60.1 cm³/mol. The zero-order valence-corrected chi connectivity index (χ0v) is 9.18. The van der Waals surface area contributed by atoms with Gasteiger partial charge in [-0.05, 0) is 25.1 Å². The smallest absolute Gasteiger partial charge is 0.137 e. The highest BCUT2D eigenvalue weighted by atomic mass is 35.5. The fraction of sp³-hybridized carbons (Fsp3) is 0.455. The lowest BCUT2D eigenvalue weighted by Crippen LogP contribution is -2.21. The summed E-state index contributed by atoms with van der Waals surface area (Å²) in [7, 11) is 0. The van der Waals surface area contributed by atoms with Crippen LogP contribution in [0.2, 0.25) is 5.02 Å². The molecule has 1 aromatic rings. The van der Waals surface area contributed by atoms with Crippen molar-refractivity contribution in [2.24, 2.45) is 0 Å². The minimum absolute atomic E-state index is 0.656. The fourth-order valence-corrected chi connectivity index (χ4v) is 1.29. The van der Waals surface area contributed by atoms with Crippen LogP contribution in [0.4, 0.5) is 0 Å². The van der Waals surface area contributed by atoms with Gasteiger partial charge in [-0.3, -0.25) is 0 Å². The molecule has 1 N–H and O–H groups in total. The molecule has 0 radical (unpaired) electrons. The number of rotatable bonds is 6. The lowest BCUT2D eigenvalue weighted by molar-refractivity contribution is 0.314. The van der Waals surface area contributed by atoms with Crippen LogP contribution in [-0.2, 0) is 0 Å². The first-order valence-corrected chi connectivity index (χ1v) is 5.30. The number of para-hydroxylation sites is 1. The van der Waals surface area contributed by atoms with Crippen LogP contribution >= 0.6 is 11.6 Å². The molecule has 1 aromatic carbocycles. The summed E-state index contributed by atoms with van der Waals surface area (Å²) in [6.45, 7) is 4.69. The topological polar surface area (TPSA) is 21.3 Å². The number of hydrogen-bond acceptors (Lipinski definition) is 2. The first kappa shape index (κ1) is 11.3. The maximum absolute atomic E-state index is 5.92. The van der Waals surface area contributed by atoms with Crippen molar-refractivity contribution >= 4 is 11.6 Å². The average molecular weight is 214 g/mol. The summed E-state index contributed by atoms with van der Waals surface area (Å²) in [6.07, 6.45) is 1.14. The van der Waals surface area contributed by atoms with Gasteiger partial charge in [0.1, 0.15) is 12.4 Å². The van der Waals surface area contributed by atoms with E-state index in [9.17, 15) is 0 Å². The molecule has 0 heterocycles. The van der Waals surface area contributed by atoms with Crippen molar-refractivity contribution in [3.63, 3.8) is 0 Å². The molecule has 14 heavy (non-hydrogen) atoms.